The zero-order valence-electron chi connectivity index (χ0n) is 11.7. The summed E-state index contributed by atoms with van der Waals surface area (Å²) >= 11 is 0. The second kappa shape index (κ2) is 7.11. The summed E-state index contributed by atoms with van der Waals surface area (Å²) in [6.07, 6.45) is 10.1. The molecule has 1 aliphatic carbocycles. The summed E-state index contributed by atoms with van der Waals surface area (Å²) in [7, 11) is 0. The summed E-state index contributed by atoms with van der Waals surface area (Å²) in [6.45, 7) is 4.45. The molecule has 0 bridgehead atoms. The normalized spacial score (nSPS) is 32.4. The lowest BCUT2D eigenvalue weighted by molar-refractivity contribution is 0.0861. The first kappa shape index (κ1) is 13.8. The van der Waals surface area contributed by atoms with Gasteiger partial charge < -0.3 is 5.32 Å². The number of rotatable bonds is 2. The summed E-state index contributed by atoms with van der Waals surface area (Å²) in [4.78, 5) is 2.69. The van der Waals surface area contributed by atoms with Crippen molar-refractivity contribution in [2.75, 3.05) is 13.1 Å². The van der Waals surface area contributed by atoms with Gasteiger partial charge in [-0.1, -0.05) is 25.7 Å². The van der Waals surface area contributed by atoms with Crippen LogP contribution in [-0.4, -0.2) is 36.1 Å². The third-order valence-corrected chi connectivity index (χ3v) is 4.62. The minimum Gasteiger partial charge on any atom is -0.315 e. The minimum absolute atomic E-state index is 0.426. The molecule has 0 radical (unpaired) electrons. The Morgan fingerprint density at radius 1 is 1.17 bits per heavy atom. The zero-order valence-corrected chi connectivity index (χ0v) is 11.7. The van der Waals surface area contributed by atoms with E-state index in [1.807, 2.05) is 0 Å². The second-order valence-corrected chi connectivity index (χ2v) is 5.95. The summed E-state index contributed by atoms with van der Waals surface area (Å²) in [5, 5.41) is 12.6. The Labute approximate surface area is 112 Å². The number of hydrogen-bond donors (Lipinski definition) is 1. The molecule has 2 atom stereocenters. The van der Waals surface area contributed by atoms with Crippen LogP contribution in [0.3, 0.4) is 0 Å². The Morgan fingerprint density at radius 3 is 2.56 bits per heavy atom. The van der Waals surface area contributed by atoms with Gasteiger partial charge in [-0.2, -0.15) is 5.26 Å². The van der Waals surface area contributed by atoms with Crippen LogP contribution in [-0.2, 0) is 0 Å². The van der Waals surface area contributed by atoms with Gasteiger partial charge in [0.25, 0.3) is 0 Å². The van der Waals surface area contributed by atoms with Gasteiger partial charge in [0.15, 0.2) is 0 Å². The Morgan fingerprint density at radius 2 is 1.89 bits per heavy atom. The fraction of sp³-hybridized carbons (Fsp3) is 0.933. The summed E-state index contributed by atoms with van der Waals surface area (Å²) in [5.74, 6) is 0. The zero-order chi connectivity index (χ0) is 12.8. The van der Waals surface area contributed by atoms with Crippen LogP contribution in [0.4, 0.5) is 0 Å². The van der Waals surface area contributed by atoms with Crippen molar-refractivity contribution < 1.29 is 0 Å². The van der Waals surface area contributed by atoms with Crippen molar-refractivity contribution in [2.45, 2.75) is 76.4 Å². The summed E-state index contributed by atoms with van der Waals surface area (Å²) in [5.41, 5.74) is 0. The number of nitrogens with zero attached hydrogens (tertiary/aromatic N) is 2. The first-order chi connectivity index (χ1) is 8.83. The highest BCUT2D eigenvalue weighted by atomic mass is 15.2. The smallest absolute Gasteiger partial charge is 0.0638 e. The fourth-order valence-corrected chi connectivity index (χ4v) is 3.69. The van der Waals surface area contributed by atoms with E-state index in [0.717, 1.165) is 19.1 Å². The highest BCUT2D eigenvalue weighted by Crippen LogP contribution is 2.27. The van der Waals surface area contributed by atoms with Gasteiger partial charge in [-0.25, -0.2) is 0 Å². The molecule has 2 aliphatic rings. The van der Waals surface area contributed by atoms with Gasteiger partial charge in [-0.3, -0.25) is 4.90 Å². The topological polar surface area (TPSA) is 39.1 Å². The van der Waals surface area contributed by atoms with E-state index in [-0.39, 0.29) is 0 Å². The largest absolute Gasteiger partial charge is 0.315 e. The molecule has 1 saturated heterocycles. The maximum absolute atomic E-state index is 9.06. The molecule has 0 aromatic heterocycles. The van der Waals surface area contributed by atoms with E-state index in [2.05, 4.69) is 23.2 Å². The van der Waals surface area contributed by atoms with Gasteiger partial charge in [-0.15, -0.1) is 0 Å². The van der Waals surface area contributed by atoms with Crippen molar-refractivity contribution in [3.63, 3.8) is 0 Å². The van der Waals surface area contributed by atoms with Crippen LogP contribution in [0.25, 0.3) is 0 Å². The molecule has 0 spiro atoms. The second-order valence-electron chi connectivity index (χ2n) is 5.95. The van der Waals surface area contributed by atoms with Crippen LogP contribution in [0.1, 0.15) is 58.3 Å². The van der Waals surface area contributed by atoms with E-state index in [4.69, 9.17) is 5.26 Å². The number of nitrogens with one attached hydrogen (secondary N) is 1. The third-order valence-electron chi connectivity index (χ3n) is 4.62. The predicted molar refractivity (Wildman–Crippen MR) is 74.3 cm³/mol. The van der Waals surface area contributed by atoms with E-state index in [0.29, 0.717) is 18.5 Å². The average molecular weight is 249 g/mol. The highest BCUT2D eigenvalue weighted by molar-refractivity contribution is 4.92. The molecular formula is C15H27N3. The van der Waals surface area contributed by atoms with E-state index in [1.165, 1.54) is 44.9 Å². The number of hydrogen-bond acceptors (Lipinski definition) is 3. The van der Waals surface area contributed by atoms with E-state index >= 15 is 0 Å². The molecule has 102 valence electrons. The molecule has 0 amide bonds. The monoisotopic (exact) mass is 249 g/mol. The quantitative estimate of drug-likeness (QED) is 0.765. The summed E-state index contributed by atoms with van der Waals surface area (Å²) in [6, 6.07) is 4.16. The molecule has 1 saturated carbocycles. The minimum atomic E-state index is 0.426. The molecule has 1 N–H and O–H groups in total. The lowest BCUT2D eigenvalue weighted by atomic mass is 10.00. The van der Waals surface area contributed by atoms with E-state index in [9.17, 15) is 0 Å². The standard InChI is InChI=1S/C15H27N3/c1-13-9-11-17-12-15(8-10-16)18(13)14-6-4-2-3-5-7-14/h13-15,17H,2-9,11-12H2,1H3. The molecule has 0 aromatic rings. The van der Waals surface area contributed by atoms with Crippen molar-refractivity contribution in [3.05, 3.63) is 0 Å². The fourth-order valence-electron chi connectivity index (χ4n) is 3.69. The maximum atomic E-state index is 9.06. The van der Waals surface area contributed by atoms with E-state index in [1.54, 1.807) is 0 Å². The molecule has 0 aromatic carbocycles. The van der Waals surface area contributed by atoms with Crippen molar-refractivity contribution >= 4 is 0 Å². The Hall–Kier alpha value is -0.590. The van der Waals surface area contributed by atoms with Gasteiger partial charge in [0.05, 0.1) is 12.5 Å². The maximum Gasteiger partial charge on any atom is 0.0638 e. The van der Waals surface area contributed by atoms with Crippen molar-refractivity contribution in [1.82, 2.24) is 10.2 Å². The molecule has 2 unspecified atom stereocenters. The molecular weight excluding hydrogens is 222 g/mol. The Bertz CT molecular complexity index is 276. The van der Waals surface area contributed by atoms with Gasteiger partial charge in [-0.05, 0) is 32.7 Å². The predicted octanol–water partition coefficient (Wildman–Crippen LogP) is 2.68. The SMILES string of the molecule is CC1CCNCC(CC#N)N1C1CCCCCC1. The molecule has 2 fully saturated rings. The molecule has 2 rings (SSSR count). The first-order valence-electron chi connectivity index (χ1n) is 7.68. The highest BCUT2D eigenvalue weighted by Gasteiger charge is 2.31. The molecule has 1 aliphatic heterocycles. The van der Waals surface area contributed by atoms with Crippen molar-refractivity contribution in [1.29, 1.82) is 5.26 Å². The van der Waals surface area contributed by atoms with Crippen LogP contribution in [0.2, 0.25) is 0 Å². The summed E-state index contributed by atoms with van der Waals surface area (Å²) < 4.78 is 0. The Kier molecular flexibility index (Phi) is 5.46. The van der Waals surface area contributed by atoms with Gasteiger partial charge >= 0.3 is 0 Å². The molecule has 3 heteroatoms. The van der Waals surface area contributed by atoms with Gasteiger partial charge in [0, 0.05) is 24.7 Å². The average Bonchev–Trinajstić information content (AvgIpc) is 2.71. The Balaban J connectivity index is 2.08. The van der Waals surface area contributed by atoms with Crippen molar-refractivity contribution in [3.8, 4) is 6.07 Å². The van der Waals surface area contributed by atoms with Gasteiger partial charge in [0.2, 0.25) is 0 Å². The lowest BCUT2D eigenvalue weighted by Crippen LogP contribution is -2.49. The van der Waals surface area contributed by atoms with Crippen LogP contribution >= 0.6 is 0 Å². The third kappa shape index (κ3) is 3.46. The van der Waals surface area contributed by atoms with Crippen LogP contribution in [0, 0.1) is 11.3 Å². The molecule has 1 heterocycles. The first-order valence-corrected chi connectivity index (χ1v) is 7.68. The van der Waals surface area contributed by atoms with Crippen molar-refractivity contribution in [2.24, 2.45) is 0 Å². The lowest BCUT2D eigenvalue weighted by Gasteiger charge is -2.39. The van der Waals surface area contributed by atoms with Crippen LogP contribution in [0.5, 0.6) is 0 Å². The number of nitriles is 1. The molecule has 18 heavy (non-hydrogen) atoms. The van der Waals surface area contributed by atoms with Gasteiger partial charge in [0.1, 0.15) is 0 Å². The van der Waals surface area contributed by atoms with Crippen LogP contribution < -0.4 is 5.32 Å². The molecule has 3 nitrogen and oxygen atoms in total. The van der Waals surface area contributed by atoms with Crippen LogP contribution in [0.15, 0.2) is 0 Å². The van der Waals surface area contributed by atoms with E-state index < -0.39 is 0 Å².